The Morgan fingerprint density at radius 1 is 1.36 bits per heavy atom. The number of benzene rings is 1. The van der Waals surface area contributed by atoms with Crippen molar-refractivity contribution in [3.05, 3.63) is 35.4 Å². The molecule has 0 spiro atoms. The van der Waals surface area contributed by atoms with Gasteiger partial charge in [-0.25, -0.2) is 4.99 Å². The summed E-state index contributed by atoms with van der Waals surface area (Å²) in [5, 5.41) is 0. The summed E-state index contributed by atoms with van der Waals surface area (Å²) in [4.78, 5) is 24.0. The van der Waals surface area contributed by atoms with E-state index in [0.717, 1.165) is 5.56 Å². The van der Waals surface area contributed by atoms with Gasteiger partial charge in [0.1, 0.15) is 0 Å². The summed E-state index contributed by atoms with van der Waals surface area (Å²) >= 11 is 0. The Kier molecular flexibility index (Phi) is 2.16. The molecule has 0 fully saturated rings. The van der Waals surface area contributed by atoms with Gasteiger partial charge in [0.2, 0.25) is 18.5 Å². The molecule has 1 aliphatic heterocycles. The zero-order valence-corrected chi connectivity index (χ0v) is 7.21. The Labute approximate surface area is 80.1 Å². The summed E-state index contributed by atoms with van der Waals surface area (Å²) in [6.07, 6.45) is 0.782. The molecule has 0 aliphatic carbocycles. The standard InChI is InChI=1S/C9H8N2O3/c10-8(12)6-1-3-7(4-2-6)9-11-5-13-14-9/h1-5,9H,(H2,10,12). The first-order valence-electron chi connectivity index (χ1n) is 4.01. The quantitative estimate of drug-likeness (QED) is 0.703. The first kappa shape index (κ1) is 8.71. The van der Waals surface area contributed by atoms with Crippen LogP contribution in [0.5, 0.6) is 0 Å². The maximum atomic E-state index is 10.8. The van der Waals surface area contributed by atoms with Crippen LogP contribution in [-0.4, -0.2) is 12.3 Å². The van der Waals surface area contributed by atoms with Crippen LogP contribution in [0.3, 0.4) is 0 Å². The predicted octanol–water partition coefficient (Wildman–Crippen LogP) is 0.774. The lowest BCUT2D eigenvalue weighted by atomic mass is 10.1. The average molecular weight is 192 g/mol. The van der Waals surface area contributed by atoms with Crippen molar-refractivity contribution in [1.82, 2.24) is 0 Å². The highest BCUT2D eigenvalue weighted by molar-refractivity contribution is 5.92. The van der Waals surface area contributed by atoms with Gasteiger partial charge < -0.3 is 10.6 Å². The monoisotopic (exact) mass is 192 g/mol. The van der Waals surface area contributed by atoms with E-state index in [2.05, 4.69) is 9.88 Å². The van der Waals surface area contributed by atoms with Crippen LogP contribution in [-0.2, 0) is 9.78 Å². The number of amides is 1. The summed E-state index contributed by atoms with van der Waals surface area (Å²) < 4.78 is 0. The number of carbonyl (C=O) groups is 1. The number of hydrogen-bond donors (Lipinski definition) is 1. The Balaban J connectivity index is 2.21. The summed E-state index contributed by atoms with van der Waals surface area (Å²) in [5.41, 5.74) is 6.36. The molecular weight excluding hydrogens is 184 g/mol. The normalized spacial score (nSPS) is 19.3. The van der Waals surface area contributed by atoms with E-state index in [-0.39, 0.29) is 0 Å². The van der Waals surface area contributed by atoms with Gasteiger partial charge in [-0.2, -0.15) is 4.89 Å². The Morgan fingerprint density at radius 2 is 2.07 bits per heavy atom. The zero-order chi connectivity index (χ0) is 9.97. The van der Waals surface area contributed by atoms with E-state index < -0.39 is 12.1 Å². The Morgan fingerprint density at radius 3 is 2.57 bits per heavy atom. The topological polar surface area (TPSA) is 73.9 Å². The van der Waals surface area contributed by atoms with Gasteiger partial charge in [0, 0.05) is 11.1 Å². The second-order valence-electron chi connectivity index (χ2n) is 2.79. The van der Waals surface area contributed by atoms with E-state index in [1.165, 1.54) is 6.40 Å². The molecule has 5 heteroatoms. The van der Waals surface area contributed by atoms with E-state index in [9.17, 15) is 4.79 Å². The fraction of sp³-hybridized carbons (Fsp3) is 0.111. The largest absolute Gasteiger partial charge is 0.366 e. The molecule has 0 saturated carbocycles. The SMILES string of the molecule is NC(=O)c1ccc(C2N=COO2)cc1. The van der Waals surface area contributed by atoms with Crippen molar-refractivity contribution in [2.75, 3.05) is 0 Å². The van der Waals surface area contributed by atoms with Crippen LogP contribution in [0.1, 0.15) is 22.1 Å². The van der Waals surface area contributed by atoms with Crippen LogP contribution in [0, 0.1) is 0 Å². The number of nitrogens with zero attached hydrogens (tertiary/aromatic N) is 1. The lowest BCUT2D eigenvalue weighted by Gasteiger charge is -2.04. The van der Waals surface area contributed by atoms with E-state index in [1.54, 1.807) is 24.3 Å². The maximum Gasteiger partial charge on any atom is 0.248 e. The van der Waals surface area contributed by atoms with Crippen molar-refractivity contribution in [3.8, 4) is 0 Å². The van der Waals surface area contributed by atoms with Gasteiger partial charge in [0.15, 0.2) is 0 Å². The molecule has 1 aromatic rings. The van der Waals surface area contributed by atoms with Gasteiger partial charge in [-0.1, -0.05) is 12.1 Å². The van der Waals surface area contributed by atoms with Crippen molar-refractivity contribution in [2.24, 2.45) is 10.7 Å². The summed E-state index contributed by atoms with van der Waals surface area (Å²) in [5.74, 6) is -0.455. The third-order valence-electron chi connectivity index (χ3n) is 1.87. The first-order chi connectivity index (χ1) is 6.77. The van der Waals surface area contributed by atoms with E-state index in [1.807, 2.05) is 0 Å². The second-order valence-corrected chi connectivity index (χ2v) is 2.79. The fourth-order valence-corrected chi connectivity index (χ4v) is 1.14. The molecule has 14 heavy (non-hydrogen) atoms. The van der Waals surface area contributed by atoms with Crippen LogP contribution in [0.4, 0.5) is 0 Å². The number of hydrogen-bond acceptors (Lipinski definition) is 4. The number of aliphatic imine (C=N–C) groups is 1. The van der Waals surface area contributed by atoms with Crippen LogP contribution in [0.25, 0.3) is 0 Å². The second kappa shape index (κ2) is 3.47. The van der Waals surface area contributed by atoms with E-state index in [4.69, 9.17) is 10.6 Å². The minimum absolute atomic E-state index is 0.447. The van der Waals surface area contributed by atoms with Gasteiger partial charge in [-0.3, -0.25) is 4.79 Å². The molecule has 1 unspecified atom stereocenters. The highest BCUT2D eigenvalue weighted by Crippen LogP contribution is 2.22. The zero-order valence-electron chi connectivity index (χ0n) is 7.21. The van der Waals surface area contributed by atoms with Crippen LogP contribution in [0.2, 0.25) is 0 Å². The van der Waals surface area contributed by atoms with Crippen LogP contribution >= 0.6 is 0 Å². The Hall–Kier alpha value is -1.88. The molecule has 1 aromatic carbocycles. The molecule has 1 amide bonds. The third kappa shape index (κ3) is 1.57. The van der Waals surface area contributed by atoms with Crippen molar-refractivity contribution in [1.29, 1.82) is 0 Å². The highest BCUT2D eigenvalue weighted by Gasteiger charge is 2.15. The molecular formula is C9H8N2O3. The lowest BCUT2D eigenvalue weighted by Crippen LogP contribution is -2.10. The van der Waals surface area contributed by atoms with Crippen molar-refractivity contribution < 1.29 is 14.6 Å². The number of carbonyl (C=O) groups excluding carboxylic acids is 1. The lowest BCUT2D eigenvalue weighted by molar-refractivity contribution is -0.234. The smallest absolute Gasteiger partial charge is 0.248 e. The maximum absolute atomic E-state index is 10.8. The number of nitrogens with two attached hydrogens (primary N) is 1. The van der Waals surface area contributed by atoms with Gasteiger partial charge in [-0.15, -0.1) is 0 Å². The van der Waals surface area contributed by atoms with E-state index in [0.29, 0.717) is 5.56 Å². The minimum atomic E-state index is -0.455. The average Bonchev–Trinajstić information content (AvgIpc) is 2.71. The van der Waals surface area contributed by atoms with Crippen molar-refractivity contribution in [2.45, 2.75) is 6.23 Å². The molecule has 0 bridgehead atoms. The highest BCUT2D eigenvalue weighted by atomic mass is 17.2. The van der Waals surface area contributed by atoms with Crippen LogP contribution < -0.4 is 5.73 Å². The van der Waals surface area contributed by atoms with E-state index >= 15 is 0 Å². The molecule has 0 saturated heterocycles. The summed E-state index contributed by atoms with van der Waals surface area (Å²) in [6, 6.07) is 6.68. The molecule has 2 N–H and O–H groups in total. The van der Waals surface area contributed by atoms with Gasteiger partial charge in [0.25, 0.3) is 0 Å². The predicted molar refractivity (Wildman–Crippen MR) is 48.4 cm³/mol. The van der Waals surface area contributed by atoms with Crippen LogP contribution in [0.15, 0.2) is 29.3 Å². The van der Waals surface area contributed by atoms with Gasteiger partial charge >= 0.3 is 0 Å². The molecule has 2 rings (SSSR count). The molecule has 1 atom stereocenters. The van der Waals surface area contributed by atoms with Gasteiger partial charge in [0.05, 0.1) is 0 Å². The molecule has 5 nitrogen and oxygen atoms in total. The first-order valence-corrected chi connectivity index (χ1v) is 4.01. The molecule has 1 heterocycles. The summed E-state index contributed by atoms with van der Waals surface area (Å²) in [6.45, 7) is 0. The molecule has 0 radical (unpaired) electrons. The molecule has 72 valence electrons. The minimum Gasteiger partial charge on any atom is -0.366 e. The molecule has 0 aromatic heterocycles. The van der Waals surface area contributed by atoms with Crippen molar-refractivity contribution >= 4 is 12.3 Å². The summed E-state index contributed by atoms with van der Waals surface area (Å²) in [7, 11) is 0. The third-order valence-corrected chi connectivity index (χ3v) is 1.87. The number of primary amides is 1. The number of rotatable bonds is 2. The van der Waals surface area contributed by atoms with Gasteiger partial charge in [-0.05, 0) is 12.1 Å². The fourth-order valence-electron chi connectivity index (χ4n) is 1.14. The van der Waals surface area contributed by atoms with Crippen molar-refractivity contribution in [3.63, 3.8) is 0 Å². The Bertz CT molecular complexity index is 372. The molecule has 1 aliphatic rings.